The van der Waals surface area contributed by atoms with Crippen molar-refractivity contribution in [2.24, 2.45) is 0 Å². The van der Waals surface area contributed by atoms with E-state index < -0.39 is 0 Å². The van der Waals surface area contributed by atoms with Crippen molar-refractivity contribution in [1.82, 2.24) is 9.78 Å². The molecule has 0 atom stereocenters. The van der Waals surface area contributed by atoms with Crippen LogP contribution in [0.5, 0.6) is 0 Å². The summed E-state index contributed by atoms with van der Waals surface area (Å²) in [6.07, 6.45) is 1.13. The topological polar surface area (TPSA) is 17.8 Å². The highest BCUT2D eigenvalue weighted by atomic mass is 15.3. The van der Waals surface area contributed by atoms with Crippen molar-refractivity contribution >= 4 is 10.9 Å². The summed E-state index contributed by atoms with van der Waals surface area (Å²) < 4.78 is 2.10. The first-order valence-corrected chi connectivity index (χ1v) is 6.16. The van der Waals surface area contributed by atoms with Gasteiger partial charge in [-0.3, -0.25) is 4.68 Å². The summed E-state index contributed by atoms with van der Waals surface area (Å²) in [7, 11) is 0. The molecule has 0 N–H and O–H groups in total. The molecule has 2 rings (SSSR count). The van der Waals surface area contributed by atoms with Crippen LogP contribution in [0.15, 0.2) is 18.2 Å². The molecule has 0 bridgehead atoms. The molecule has 0 unspecified atom stereocenters. The van der Waals surface area contributed by atoms with Gasteiger partial charge in [-0.05, 0) is 32.4 Å². The van der Waals surface area contributed by atoms with Crippen molar-refractivity contribution in [3.63, 3.8) is 0 Å². The second-order valence-electron chi connectivity index (χ2n) is 3.83. The first-order chi connectivity index (χ1) is 7.72. The third-order valence-electron chi connectivity index (χ3n) is 2.53. The lowest BCUT2D eigenvalue weighted by Crippen LogP contribution is -1.98. The van der Waals surface area contributed by atoms with Crippen molar-refractivity contribution in [1.29, 1.82) is 0 Å². The Bertz CT molecular complexity index is 455. The lowest BCUT2D eigenvalue weighted by Gasteiger charge is -2.00. The van der Waals surface area contributed by atoms with E-state index in [4.69, 9.17) is 0 Å². The van der Waals surface area contributed by atoms with E-state index in [9.17, 15) is 0 Å². The van der Waals surface area contributed by atoms with Crippen LogP contribution in [0, 0.1) is 13.8 Å². The Morgan fingerprint density at radius 1 is 1.19 bits per heavy atom. The average Bonchev–Trinajstić information content (AvgIpc) is 2.59. The zero-order valence-electron chi connectivity index (χ0n) is 11.0. The first kappa shape index (κ1) is 12.8. The van der Waals surface area contributed by atoms with Gasteiger partial charge in [-0.1, -0.05) is 32.4 Å². The van der Waals surface area contributed by atoms with Crippen molar-refractivity contribution in [3.05, 3.63) is 29.5 Å². The maximum absolute atomic E-state index is 4.54. The predicted molar refractivity (Wildman–Crippen MR) is 70.8 cm³/mol. The number of nitrogens with zero attached hydrogens (tertiary/aromatic N) is 2. The minimum Gasteiger partial charge on any atom is -0.265 e. The summed E-state index contributed by atoms with van der Waals surface area (Å²) in [6, 6.07) is 6.53. The summed E-state index contributed by atoms with van der Waals surface area (Å²) in [5.41, 5.74) is 3.70. The monoisotopic (exact) mass is 218 g/mol. The highest BCUT2D eigenvalue weighted by Gasteiger charge is 2.05. The van der Waals surface area contributed by atoms with Gasteiger partial charge in [0, 0.05) is 11.9 Å². The van der Waals surface area contributed by atoms with Crippen LogP contribution in [0.1, 0.15) is 38.4 Å². The molecule has 16 heavy (non-hydrogen) atoms. The summed E-state index contributed by atoms with van der Waals surface area (Å²) in [4.78, 5) is 0. The molecule has 88 valence electrons. The fourth-order valence-corrected chi connectivity index (χ4v) is 1.84. The largest absolute Gasteiger partial charge is 0.265 e. The maximum Gasteiger partial charge on any atom is 0.0685 e. The minimum absolute atomic E-state index is 1.01. The quantitative estimate of drug-likeness (QED) is 0.742. The second kappa shape index (κ2) is 5.69. The predicted octanol–water partition coefficient (Wildman–Crippen LogP) is 4.09. The van der Waals surface area contributed by atoms with Gasteiger partial charge in [0.25, 0.3) is 0 Å². The molecule has 0 aliphatic heterocycles. The van der Waals surface area contributed by atoms with E-state index in [1.54, 1.807) is 0 Å². The van der Waals surface area contributed by atoms with Gasteiger partial charge in [0.05, 0.1) is 11.2 Å². The molecular weight excluding hydrogens is 196 g/mol. The van der Waals surface area contributed by atoms with Crippen molar-refractivity contribution < 1.29 is 0 Å². The van der Waals surface area contributed by atoms with Gasteiger partial charge < -0.3 is 0 Å². The van der Waals surface area contributed by atoms with Crippen LogP contribution in [-0.4, -0.2) is 9.78 Å². The van der Waals surface area contributed by atoms with Crippen LogP contribution in [0.4, 0.5) is 0 Å². The standard InChI is InChI=1S/C12H16N2.C2H6/c1-4-7-14-12-6-5-9(2)8-11(12)10(3)13-14;1-2/h5-6,8H,4,7H2,1-3H3;1-2H3. The van der Waals surface area contributed by atoms with E-state index in [1.807, 2.05) is 13.8 Å². The average molecular weight is 218 g/mol. The smallest absolute Gasteiger partial charge is 0.0685 e. The highest BCUT2D eigenvalue weighted by Crippen LogP contribution is 2.19. The van der Waals surface area contributed by atoms with E-state index >= 15 is 0 Å². The number of fused-ring (bicyclic) bond motifs is 1. The lowest BCUT2D eigenvalue weighted by molar-refractivity contribution is 0.617. The maximum atomic E-state index is 4.54. The molecule has 0 saturated heterocycles. The van der Waals surface area contributed by atoms with Gasteiger partial charge in [0.15, 0.2) is 0 Å². The molecule has 0 amide bonds. The Morgan fingerprint density at radius 2 is 1.88 bits per heavy atom. The normalized spacial score (nSPS) is 10.1. The number of aryl methyl sites for hydroxylation is 3. The van der Waals surface area contributed by atoms with Gasteiger partial charge in [-0.15, -0.1) is 0 Å². The van der Waals surface area contributed by atoms with E-state index in [0.717, 1.165) is 18.7 Å². The van der Waals surface area contributed by atoms with Crippen molar-refractivity contribution in [3.8, 4) is 0 Å². The van der Waals surface area contributed by atoms with Crippen LogP contribution in [0.3, 0.4) is 0 Å². The van der Waals surface area contributed by atoms with Crippen LogP contribution < -0.4 is 0 Å². The van der Waals surface area contributed by atoms with Gasteiger partial charge in [-0.25, -0.2) is 0 Å². The molecule has 0 aliphatic rings. The molecule has 2 aromatic rings. The fourth-order valence-electron chi connectivity index (χ4n) is 1.84. The highest BCUT2D eigenvalue weighted by molar-refractivity contribution is 5.82. The number of rotatable bonds is 2. The molecule has 0 aliphatic carbocycles. The Balaban J connectivity index is 0.000000606. The molecule has 0 spiro atoms. The first-order valence-electron chi connectivity index (χ1n) is 6.16. The Labute approximate surface area is 98.3 Å². The zero-order valence-corrected chi connectivity index (χ0v) is 11.0. The molecule has 1 aromatic heterocycles. The lowest BCUT2D eigenvalue weighted by atomic mass is 10.1. The van der Waals surface area contributed by atoms with E-state index in [-0.39, 0.29) is 0 Å². The molecule has 0 saturated carbocycles. The fraction of sp³-hybridized carbons (Fsp3) is 0.500. The molecule has 1 heterocycles. The Morgan fingerprint density at radius 3 is 2.50 bits per heavy atom. The number of benzene rings is 1. The molecule has 0 fully saturated rings. The summed E-state index contributed by atoms with van der Waals surface area (Å²) in [5.74, 6) is 0. The molecule has 2 nitrogen and oxygen atoms in total. The van der Waals surface area contributed by atoms with Crippen molar-refractivity contribution in [2.45, 2.75) is 47.6 Å². The van der Waals surface area contributed by atoms with Gasteiger partial charge in [0.1, 0.15) is 0 Å². The van der Waals surface area contributed by atoms with E-state index in [2.05, 4.69) is 48.8 Å². The van der Waals surface area contributed by atoms with Crippen LogP contribution >= 0.6 is 0 Å². The van der Waals surface area contributed by atoms with E-state index in [1.165, 1.54) is 16.5 Å². The summed E-state index contributed by atoms with van der Waals surface area (Å²) in [6.45, 7) is 11.4. The van der Waals surface area contributed by atoms with Gasteiger partial charge in [0.2, 0.25) is 0 Å². The van der Waals surface area contributed by atoms with E-state index in [0.29, 0.717) is 0 Å². The summed E-state index contributed by atoms with van der Waals surface area (Å²) >= 11 is 0. The SMILES string of the molecule is CC.CCCn1nc(C)c2cc(C)ccc21. The number of hydrogen-bond acceptors (Lipinski definition) is 1. The Kier molecular flexibility index (Phi) is 4.53. The van der Waals surface area contributed by atoms with Crippen LogP contribution in [0.25, 0.3) is 10.9 Å². The molecule has 2 heteroatoms. The van der Waals surface area contributed by atoms with Gasteiger partial charge in [-0.2, -0.15) is 5.10 Å². The third-order valence-corrected chi connectivity index (χ3v) is 2.53. The molecular formula is C14H22N2. The molecule has 1 aromatic carbocycles. The zero-order chi connectivity index (χ0) is 12.1. The Hall–Kier alpha value is -1.31. The number of aromatic nitrogens is 2. The van der Waals surface area contributed by atoms with Crippen LogP contribution in [0.2, 0.25) is 0 Å². The number of hydrogen-bond donors (Lipinski definition) is 0. The molecule has 0 radical (unpaired) electrons. The van der Waals surface area contributed by atoms with Crippen LogP contribution in [-0.2, 0) is 6.54 Å². The van der Waals surface area contributed by atoms with Gasteiger partial charge >= 0.3 is 0 Å². The minimum atomic E-state index is 1.01. The summed E-state index contributed by atoms with van der Waals surface area (Å²) in [5, 5.41) is 5.83. The second-order valence-corrected chi connectivity index (χ2v) is 3.83. The third kappa shape index (κ3) is 2.43. The van der Waals surface area contributed by atoms with Crippen molar-refractivity contribution in [2.75, 3.05) is 0 Å².